The van der Waals surface area contributed by atoms with E-state index in [9.17, 15) is 24.0 Å². The molecule has 2 radical (unpaired) electrons. The summed E-state index contributed by atoms with van der Waals surface area (Å²) in [5.41, 5.74) is 4.11. The average Bonchev–Trinajstić information content (AvgIpc) is 0.847. The van der Waals surface area contributed by atoms with E-state index >= 15 is 0 Å². The second-order valence-electron chi connectivity index (χ2n) is 27.3. The maximum absolute atomic E-state index is 13.7. The van der Waals surface area contributed by atoms with Crippen LogP contribution in [-0.4, -0.2) is 351 Å². The number of carboxylic acids is 1. The summed E-state index contributed by atoms with van der Waals surface area (Å²) in [5, 5.41) is 21.6. The molecular formula is C72H147BBrN11O18U. The zero-order valence-electron chi connectivity index (χ0n) is 68.7. The molecule has 0 saturated carbocycles. The molecule has 0 unspecified atom stereocenters. The minimum atomic E-state index is -1.04. The van der Waals surface area contributed by atoms with Crippen molar-refractivity contribution in [2.75, 3.05) is 229 Å². The van der Waals surface area contributed by atoms with Crippen LogP contribution >= 0.6 is 15.9 Å². The summed E-state index contributed by atoms with van der Waals surface area (Å²) >= 11 is 3.27. The van der Waals surface area contributed by atoms with Crippen molar-refractivity contribution < 1.29 is 117 Å². The Kier molecular flexibility index (Phi) is 65.5. The van der Waals surface area contributed by atoms with Crippen LogP contribution in [0.4, 0.5) is 9.59 Å². The average molecular weight is 1790 g/mol. The molecule has 5 aliphatic heterocycles. The number of rotatable bonds is 38. The molecule has 5 rings (SSSR count). The first-order valence-corrected chi connectivity index (χ1v) is 39.2. The minimum Gasteiger partial charge on any atom is -0.480 e. The van der Waals surface area contributed by atoms with Crippen molar-refractivity contribution in [3.63, 3.8) is 0 Å². The molecule has 0 aromatic rings. The van der Waals surface area contributed by atoms with Crippen LogP contribution in [-0.2, 0) is 71.2 Å². The second kappa shape index (κ2) is 65.6. The van der Waals surface area contributed by atoms with Crippen LogP contribution in [0.2, 0.25) is 0 Å². The summed E-state index contributed by atoms with van der Waals surface area (Å²) < 4.78 is 69.6. The molecule has 0 aromatic heterocycles. The number of nitrogens with one attached hydrogen (secondary N) is 4. The zero-order valence-corrected chi connectivity index (χ0v) is 73.4. The summed E-state index contributed by atoms with van der Waals surface area (Å²) in [5.74, 6) is -0.681. The molecule has 0 spiro atoms. The summed E-state index contributed by atoms with van der Waals surface area (Å²) in [6.45, 7) is 62.0. The smallest absolute Gasteiger partial charge is 0.408 e. The number of hydrogen-bond acceptors (Lipinski definition) is 24. The first-order valence-electron chi connectivity index (χ1n) is 38.6. The molecule has 5 aliphatic rings. The van der Waals surface area contributed by atoms with Crippen molar-refractivity contribution in [3.05, 3.63) is 0 Å². The molecule has 5 heterocycles. The largest absolute Gasteiger partial charge is 0.480 e. The first kappa shape index (κ1) is 104. The summed E-state index contributed by atoms with van der Waals surface area (Å²) in [7, 11) is 3.75. The van der Waals surface area contributed by atoms with Crippen LogP contribution in [0.1, 0.15) is 144 Å². The van der Waals surface area contributed by atoms with Gasteiger partial charge in [0.2, 0.25) is 11.8 Å². The number of nitrogens with zero attached hydrogens (tertiary/aromatic N) is 6. The van der Waals surface area contributed by atoms with Gasteiger partial charge in [0.05, 0.1) is 70.8 Å². The second-order valence-corrected chi connectivity index (χ2v) is 27.9. The number of amides is 4. The van der Waals surface area contributed by atoms with E-state index in [4.69, 9.17) is 69.0 Å². The Morgan fingerprint density at radius 2 is 0.971 bits per heavy atom. The summed E-state index contributed by atoms with van der Waals surface area (Å²) in [6, 6.07) is -1.58. The van der Waals surface area contributed by atoms with Crippen LogP contribution in [0, 0.1) is 48.9 Å². The molecule has 5 fully saturated rings. The van der Waals surface area contributed by atoms with Gasteiger partial charge in [-0.15, -0.1) is 0 Å². The number of halogens is 1. The molecule has 612 valence electrons. The Labute approximate surface area is 663 Å². The molecule has 6 atom stereocenters. The fourth-order valence-corrected chi connectivity index (χ4v) is 11.0. The molecule has 29 nitrogen and oxygen atoms in total. The van der Waals surface area contributed by atoms with Crippen molar-refractivity contribution in [1.82, 2.24) is 50.7 Å². The van der Waals surface area contributed by atoms with E-state index in [0.717, 1.165) is 176 Å². The zero-order chi connectivity index (χ0) is 78.7. The number of carbonyl (C=O) groups is 5. The number of hydrogen-bond donors (Lipinski definition) is 6. The molecule has 104 heavy (non-hydrogen) atoms. The van der Waals surface area contributed by atoms with Crippen molar-refractivity contribution in [1.29, 1.82) is 1.34 Å². The summed E-state index contributed by atoms with van der Waals surface area (Å²) in [6.07, 6.45) is 0.472. The van der Waals surface area contributed by atoms with Gasteiger partial charge in [-0.25, -0.2) is 14.4 Å². The number of aliphatic carboxylic acids is 1. The van der Waals surface area contributed by atoms with Crippen molar-refractivity contribution in [2.45, 2.75) is 192 Å². The molecule has 7 N–H and O–H groups in total. The molecule has 32 heteroatoms. The van der Waals surface area contributed by atoms with E-state index < -0.39 is 47.7 Å². The standard InChI is InChI=1S/C23H45N3O6.C14H27N3O2.C12H26N2O3.C11H21NO4.C6H13BrO2.C6H14N2O.BH.U/c1-8-18(4)20(24-22(28)32-23(5,6)7)21(27)26(17-19(30-9-2)31-10-3)12-11-25-13-15-29-16-14-25;1-3-12(2)13-14(18)17(5-4-15-13)7-6-16-8-10-19-11-9-16;1-3-16-12(17-4-2)11-13-5-6-14-7-9-15-10-8-14;1-6-7(2)8(9(13)14)12-10(15)16-11(3,4)5;1-3-8-6(5-7)9-4-2;7-1-2-8-3-5-9-6-4-8;;/h18-20H,8-17H2,1-7H3,(H,24,28);12-13,15H,3-11H2,1-2H3;12-13H,3-11H2,1-2H3;7-8H,6H2,1-5H3,(H,12,15)(H,13,14);6H,3-5H2,1-2H3;1-7H2;1H;/t18-,20-;12-,13-;;7-,8-;;;;/m00.0..../s1/i;;;;;;1T;. The predicted molar refractivity (Wildman–Crippen MR) is 410 cm³/mol. The monoisotopic (exact) mass is 1780 g/mol. The summed E-state index contributed by atoms with van der Waals surface area (Å²) in [4.78, 5) is 74.1. The Balaban J connectivity index is -0.00000124. The van der Waals surface area contributed by atoms with Gasteiger partial charge in [0, 0.05) is 203 Å². The Bertz CT molecular complexity index is 2070. The van der Waals surface area contributed by atoms with E-state index in [1.165, 1.54) is 0 Å². The van der Waals surface area contributed by atoms with Gasteiger partial charge >= 0.3 is 18.2 Å². The molecule has 0 bridgehead atoms. The number of morpholine rings is 4. The topological polar surface area (TPSA) is 310 Å². The molecule has 4 amide bonds. The Hall–Kier alpha value is -2.13. The molecular weight excluding hydrogens is 1640 g/mol. The van der Waals surface area contributed by atoms with Crippen LogP contribution in [0.5, 0.6) is 0 Å². The van der Waals surface area contributed by atoms with E-state index in [1.807, 2.05) is 67.2 Å². The maximum atomic E-state index is 13.7. The number of carboxylic acid groups (broad SMARTS) is 1. The maximum Gasteiger partial charge on any atom is 0.408 e. The fraction of sp³-hybridized carbons (Fsp3) is 0.931. The van der Waals surface area contributed by atoms with Crippen LogP contribution in [0.3, 0.4) is 0 Å². The first-order chi connectivity index (χ1) is 49.6. The third-order valence-electron chi connectivity index (χ3n) is 16.9. The van der Waals surface area contributed by atoms with E-state index in [1.54, 1.807) is 53.4 Å². The van der Waals surface area contributed by atoms with Crippen LogP contribution in [0.25, 0.3) is 0 Å². The Morgan fingerprint density at radius 3 is 1.36 bits per heavy atom. The normalized spacial score (nSPS) is 18.5. The van der Waals surface area contributed by atoms with Gasteiger partial charge in [-0.05, 0) is 102 Å². The Morgan fingerprint density at radius 1 is 0.587 bits per heavy atom. The van der Waals surface area contributed by atoms with Gasteiger partial charge in [-0.1, -0.05) is 76.7 Å². The van der Waals surface area contributed by atoms with Crippen molar-refractivity contribution in [2.24, 2.45) is 23.5 Å². The van der Waals surface area contributed by atoms with Gasteiger partial charge in [-0.3, -0.25) is 29.2 Å². The third-order valence-corrected chi connectivity index (χ3v) is 17.4. The quantitative estimate of drug-likeness (QED) is 0.0196. The van der Waals surface area contributed by atoms with Crippen molar-refractivity contribution >= 4 is 54.3 Å². The number of ether oxygens (including phenoxy) is 12. The fourth-order valence-electron chi connectivity index (χ4n) is 10.6. The SMILES string of the molecule is CCOC(CBr)OCC.CCOC(CN(CCN1CCOCC1)C(=O)[C@@H](NC(=O)OC(C)(C)C)[C@@H](C)CC)OCC.CCOC(CNCCN1CCOCC1)OCC.CC[C@H](C)[C@@H]1NCCN(CCN2CCOCC2)C1=O.CC[C@H](C)[C@H](NC(=O)OC(C)(C)C)C(=O)O.NCCN1CCOCC1.[3H][B].[U]. The van der Waals surface area contributed by atoms with E-state index in [2.05, 4.69) is 79.0 Å². The molecule has 0 aromatic carbocycles. The number of alkyl carbamates (subject to hydrolysis) is 2. The van der Waals surface area contributed by atoms with Gasteiger partial charge in [0.15, 0.2) is 18.9 Å². The van der Waals surface area contributed by atoms with Gasteiger partial charge in [0.25, 0.3) is 0 Å². The molecule has 5 saturated heterocycles. The van der Waals surface area contributed by atoms with Crippen LogP contribution in [0.15, 0.2) is 0 Å². The number of carbonyl (C=O) groups excluding carboxylic acids is 4. The molecule has 0 aliphatic carbocycles. The van der Waals surface area contributed by atoms with Crippen molar-refractivity contribution in [3.8, 4) is 0 Å². The third kappa shape index (κ3) is 52.9. The van der Waals surface area contributed by atoms with E-state index in [0.29, 0.717) is 78.3 Å². The van der Waals surface area contributed by atoms with E-state index in [-0.39, 0.29) is 73.4 Å². The van der Waals surface area contributed by atoms with Crippen LogP contribution < -0.4 is 27.0 Å². The number of nitrogens with two attached hydrogens (primary N) is 1. The number of alkyl halides is 1. The predicted octanol–water partition coefficient (Wildman–Crippen LogP) is 5.38. The van der Waals surface area contributed by atoms with Gasteiger partial charge in [-0.2, -0.15) is 0 Å². The minimum absolute atomic E-state index is 0. The van der Waals surface area contributed by atoms with Gasteiger partial charge < -0.3 is 98.7 Å². The van der Waals surface area contributed by atoms with Gasteiger partial charge in [0.1, 0.15) is 23.3 Å². The number of piperazine rings is 1.